The maximum atomic E-state index is 13.7. The highest BCUT2D eigenvalue weighted by atomic mass is 19.1. The number of nitrogens with one attached hydrogen (secondary N) is 1. The van der Waals surface area contributed by atoms with E-state index in [1.54, 1.807) is 30.6 Å². The molecule has 1 aromatic carbocycles. The number of carbonyl (C=O) groups is 1. The SMILES string of the molecule is CC(C)C(=O)NC(C)c1cnn(-c2ccccc2F)c1. The van der Waals surface area contributed by atoms with E-state index >= 15 is 0 Å². The van der Waals surface area contributed by atoms with Gasteiger partial charge in [-0.2, -0.15) is 5.10 Å². The predicted octanol–water partition coefficient (Wildman–Crippen LogP) is 2.84. The minimum atomic E-state index is -0.332. The number of carbonyl (C=O) groups excluding carboxylic acids is 1. The molecule has 0 aliphatic rings. The van der Waals surface area contributed by atoms with Crippen LogP contribution in [0.4, 0.5) is 4.39 Å². The average molecular weight is 275 g/mol. The monoisotopic (exact) mass is 275 g/mol. The van der Waals surface area contributed by atoms with Crippen molar-refractivity contribution in [3.63, 3.8) is 0 Å². The van der Waals surface area contributed by atoms with Crippen molar-refractivity contribution in [1.82, 2.24) is 15.1 Å². The van der Waals surface area contributed by atoms with Crippen LogP contribution in [0.25, 0.3) is 5.69 Å². The van der Waals surface area contributed by atoms with Crippen LogP contribution in [0.3, 0.4) is 0 Å². The molecule has 0 aliphatic heterocycles. The molecule has 106 valence electrons. The summed E-state index contributed by atoms with van der Waals surface area (Å²) in [6, 6.07) is 6.27. The van der Waals surface area contributed by atoms with E-state index in [4.69, 9.17) is 0 Å². The van der Waals surface area contributed by atoms with Gasteiger partial charge in [0.15, 0.2) is 0 Å². The van der Waals surface area contributed by atoms with Crippen LogP contribution < -0.4 is 5.32 Å². The Labute approximate surface area is 117 Å². The predicted molar refractivity (Wildman–Crippen MR) is 74.9 cm³/mol. The van der Waals surface area contributed by atoms with E-state index in [1.165, 1.54) is 10.7 Å². The second-order valence-electron chi connectivity index (χ2n) is 5.05. The Balaban J connectivity index is 2.17. The molecular weight excluding hydrogens is 257 g/mol. The highest BCUT2D eigenvalue weighted by molar-refractivity contribution is 5.78. The highest BCUT2D eigenvalue weighted by Gasteiger charge is 2.14. The average Bonchev–Trinajstić information content (AvgIpc) is 2.88. The summed E-state index contributed by atoms with van der Waals surface area (Å²) in [5.74, 6) is -0.420. The van der Waals surface area contributed by atoms with E-state index in [0.29, 0.717) is 5.69 Å². The fraction of sp³-hybridized carbons (Fsp3) is 0.333. The third-order valence-corrected chi connectivity index (χ3v) is 3.08. The molecule has 20 heavy (non-hydrogen) atoms. The number of rotatable bonds is 4. The van der Waals surface area contributed by atoms with Crippen LogP contribution in [0.15, 0.2) is 36.7 Å². The van der Waals surface area contributed by atoms with Gasteiger partial charge in [-0.25, -0.2) is 9.07 Å². The lowest BCUT2D eigenvalue weighted by molar-refractivity contribution is -0.124. The summed E-state index contributed by atoms with van der Waals surface area (Å²) in [4.78, 5) is 11.7. The smallest absolute Gasteiger partial charge is 0.223 e. The second-order valence-corrected chi connectivity index (χ2v) is 5.05. The second kappa shape index (κ2) is 5.86. The minimum Gasteiger partial charge on any atom is -0.349 e. The van der Waals surface area contributed by atoms with Crippen LogP contribution in [0, 0.1) is 11.7 Å². The molecule has 0 saturated carbocycles. The number of benzene rings is 1. The summed E-state index contributed by atoms with van der Waals surface area (Å²) >= 11 is 0. The van der Waals surface area contributed by atoms with Crippen molar-refractivity contribution < 1.29 is 9.18 Å². The molecule has 2 rings (SSSR count). The molecule has 1 unspecified atom stereocenters. The van der Waals surface area contributed by atoms with Gasteiger partial charge >= 0.3 is 0 Å². The fourth-order valence-electron chi connectivity index (χ4n) is 1.79. The topological polar surface area (TPSA) is 46.9 Å². The van der Waals surface area contributed by atoms with Crippen molar-refractivity contribution in [2.45, 2.75) is 26.8 Å². The van der Waals surface area contributed by atoms with Crippen molar-refractivity contribution in [3.05, 3.63) is 48.0 Å². The van der Waals surface area contributed by atoms with Crippen molar-refractivity contribution >= 4 is 5.91 Å². The molecule has 1 amide bonds. The normalized spacial score (nSPS) is 12.4. The number of hydrogen-bond acceptors (Lipinski definition) is 2. The van der Waals surface area contributed by atoms with Crippen molar-refractivity contribution in [2.75, 3.05) is 0 Å². The van der Waals surface area contributed by atoms with Crippen LogP contribution in [-0.2, 0) is 4.79 Å². The zero-order valence-electron chi connectivity index (χ0n) is 11.8. The lowest BCUT2D eigenvalue weighted by Gasteiger charge is -2.13. The molecule has 0 fully saturated rings. The van der Waals surface area contributed by atoms with Crippen molar-refractivity contribution in [2.24, 2.45) is 5.92 Å². The number of para-hydroxylation sites is 1. The molecule has 1 heterocycles. The zero-order chi connectivity index (χ0) is 14.7. The molecule has 1 aromatic heterocycles. The summed E-state index contributed by atoms with van der Waals surface area (Å²) in [6.07, 6.45) is 3.36. The van der Waals surface area contributed by atoms with E-state index in [9.17, 15) is 9.18 Å². The molecule has 4 nitrogen and oxygen atoms in total. The first kappa shape index (κ1) is 14.2. The third kappa shape index (κ3) is 3.04. The van der Waals surface area contributed by atoms with Gasteiger partial charge in [0, 0.05) is 17.7 Å². The van der Waals surface area contributed by atoms with Gasteiger partial charge in [-0.3, -0.25) is 4.79 Å². The summed E-state index contributed by atoms with van der Waals surface area (Å²) in [7, 11) is 0. The first-order valence-electron chi connectivity index (χ1n) is 6.59. The molecule has 1 N–H and O–H groups in total. The van der Waals surface area contributed by atoms with Gasteiger partial charge in [0.05, 0.1) is 12.2 Å². The van der Waals surface area contributed by atoms with Gasteiger partial charge in [-0.15, -0.1) is 0 Å². The number of amides is 1. The number of nitrogens with zero attached hydrogens (tertiary/aromatic N) is 2. The number of halogens is 1. The lowest BCUT2D eigenvalue weighted by Crippen LogP contribution is -2.30. The molecular formula is C15H18FN3O. The standard InChI is InChI=1S/C15H18FN3O/c1-10(2)15(20)18-11(3)12-8-17-19(9-12)14-7-5-4-6-13(14)16/h4-11H,1-3H3,(H,18,20). The Morgan fingerprint density at radius 1 is 1.30 bits per heavy atom. The van der Waals surface area contributed by atoms with Crippen LogP contribution in [0.1, 0.15) is 32.4 Å². The minimum absolute atomic E-state index is 0.0175. The van der Waals surface area contributed by atoms with Crippen molar-refractivity contribution in [1.29, 1.82) is 0 Å². The van der Waals surface area contributed by atoms with E-state index in [-0.39, 0.29) is 23.7 Å². The van der Waals surface area contributed by atoms with Crippen LogP contribution >= 0.6 is 0 Å². The van der Waals surface area contributed by atoms with Crippen LogP contribution in [0.2, 0.25) is 0 Å². The first-order valence-corrected chi connectivity index (χ1v) is 6.59. The van der Waals surface area contributed by atoms with E-state index in [0.717, 1.165) is 5.56 Å². The summed E-state index contributed by atoms with van der Waals surface area (Å²) < 4.78 is 15.1. The maximum absolute atomic E-state index is 13.7. The van der Waals surface area contributed by atoms with Gasteiger partial charge in [0.1, 0.15) is 11.5 Å². The lowest BCUT2D eigenvalue weighted by atomic mass is 10.1. The Kier molecular flexibility index (Phi) is 4.17. The fourth-order valence-corrected chi connectivity index (χ4v) is 1.79. The van der Waals surface area contributed by atoms with Crippen LogP contribution in [-0.4, -0.2) is 15.7 Å². The molecule has 0 bridgehead atoms. The Morgan fingerprint density at radius 3 is 2.65 bits per heavy atom. The zero-order valence-corrected chi connectivity index (χ0v) is 11.8. The number of hydrogen-bond donors (Lipinski definition) is 1. The first-order chi connectivity index (χ1) is 9.49. The van der Waals surface area contributed by atoms with E-state index in [1.807, 2.05) is 20.8 Å². The summed E-state index contributed by atoms with van der Waals surface area (Å²) in [6.45, 7) is 5.55. The summed E-state index contributed by atoms with van der Waals surface area (Å²) in [5.41, 5.74) is 1.23. The Morgan fingerprint density at radius 2 is 2.00 bits per heavy atom. The molecule has 1 atom stereocenters. The quantitative estimate of drug-likeness (QED) is 0.932. The van der Waals surface area contributed by atoms with Crippen LogP contribution in [0.5, 0.6) is 0 Å². The van der Waals surface area contributed by atoms with E-state index in [2.05, 4.69) is 10.4 Å². The Bertz CT molecular complexity index is 607. The molecule has 5 heteroatoms. The molecule has 0 saturated heterocycles. The van der Waals surface area contributed by atoms with Gasteiger partial charge in [-0.1, -0.05) is 26.0 Å². The largest absolute Gasteiger partial charge is 0.349 e. The van der Waals surface area contributed by atoms with Crippen molar-refractivity contribution in [3.8, 4) is 5.69 Å². The van der Waals surface area contributed by atoms with Gasteiger partial charge in [0.25, 0.3) is 0 Å². The summed E-state index contributed by atoms with van der Waals surface area (Å²) in [5, 5.41) is 7.03. The Hall–Kier alpha value is -2.17. The number of aromatic nitrogens is 2. The third-order valence-electron chi connectivity index (χ3n) is 3.08. The molecule has 2 aromatic rings. The molecule has 0 aliphatic carbocycles. The van der Waals surface area contributed by atoms with Gasteiger partial charge < -0.3 is 5.32 Å². The molecule has 0 spiro atoms. The maximum Gasteiger partial charge on any atom is 0.223 e. The van der Waals surface area contributed by atoms with Gasteiger partial charge in [-0.05, 0) is 19.1 Å². The van der Waals surface area contributed by atoms with E-state index < -0.39 is 0 Å². The highest BCUT2D eigenvalue weighted by Crippen LogP contribution is 2.16. The van der Waals surface area contributed by atoms with Gasteiger partial charge in [0.2, 0.25) is 5.91 Å². The molecule has 0 radical (unpaired) electrons.